The number of nitrogens with one attached hydrogen (secondary N) is 1. The molecular weight excluding hydrogens is 336 g/mol. The molecule has 1 aromatic rings. The summed E-state index contributed by atoms with van der Waals surface area (Å²) in [6, 6.07) is -0.0405. The van der Waals surface area contributed by atoms with Gasteiger partial charge in [-0.15, -0.1) is 11.3 Å². The summed E-state index contributed by atoms with van der Waals surface area (Å²) in [5.41, 5.74) is 0.921. The average Bonchev–Trinajstić information content (AvgIpc) is 2.85. The second-order valence-electron chi connectivity index (χ2n) is 5.85. The molecule has 1 fully saturated rings. The Morgan fingerprint density at radius 1 is 1.57 bits per heavy atom. The van der Waals surface area contributed by atoms with Crippen LogP contribution in [0.1, 0.15) is 32.4 Å². The molecule has 2 rings (SSSR count). The van der Waals surface area contributed by atoms with Crippen LogP contribution >= 0.6 is 11.3 Å². The number of aromatic nitrogens is 1. The number of piperidine rings is 1. The van der Waals surface area contributed by atoms with Crippen molar-refractivity contribution in [1.29, 1.82) is 0 Å². The van der Waals surface area contributed by atoms with Crippen LogP contribution in [-0.4, -0.2) is 56.1 Å². The van der Waals surface area contributed by atoms with Crippen LogP contribution in [0.2, 0.25) is 0 Å². The Kier molecular flexibility index (Phi) is 6.12. The molecule has 0 aliphatic carbocycles. The van der Waals surface area contributed by atoms with Gasteiger partial charge in [-0.25, -0.2) is 18.1 Å². The van der Waals surface area contributed by atoms with Crippen LogP contribution in [-0.2, 0) is 21.4 Å². The van der Waals surface area contributed by atoms with Gasteiger partial charge in [-0.2, -0.15) is 0 Å². The number of likely N-dealkylation sites (tertiary alicyclic amines) is 1. The Morgan fingerprint density at radius 2 is 2.30 bits per heavy atom. The SMILES string of the molecule is CCN(C(C)=O)c1nc(CN2CCC[C@H](NS(C)(=O)=O)C2)cs1. The lowest BCUT2D eigenvalue weighted by atomic mass is 10.1. The van der Waals surface area contributed by atoms with Crippen LogP contribution < -0.4 is 9.62 Å². The van der Waals surface area contributed by atoms with Crippen LogP contribution in [0.25, 0.3) is 0 Å². The molecule has 2 heterocycles. The fraction of sp³-hybridized carbons (Fsp3) is 0.714. The molecule has 9 heteroatoms. The zero-order valence-electron chi connectivity index (χ0n) is 13.8. The van der Waals surface area contributed by atoms with E-state index in [9.17, 15) is 13.2 Å². The molecule has 7 nitrogen and oxygen atoms in total. The quantitative estimate of drug-likeness (QED) is 0.819. The summed E-state index contributed by atoms with van der Waals surface area (Å²) in [4.78, 5) is 20.0. The summed E-state index contributed by atoms with van der Waals surface area (Å²) in [7, 11) is -3.17. The summed E-state index contributed by atoms with van der Waals surface area (Å²) in [6.45, 7) is 6.36. The number of thiazole rings is 1. The van der Waals surface area contributed by atoms with E-state index in [0.717, 1.165) is 30.2 Å². The van der Waals surface area contributed by atoms with E-state index in [1.807, 2.05) is 12.3 Å². The number of carbonyl (C=O) groups is 1. The molecule has 1 aliphatic rings. The van der Waals surface area contributed by atoms with Gasteiger partial charge in [0.1, 0.15) is 0 Å². The van der Waals surface area contributed by atoms with Crippen molar-refractivity contribution in [1.82, 2.24) is 14.6 Å². The van der Waals surface area contributed by atoms with Gasteiger partial charge in [-0.3, -0.25) is 14.6 Å². The van der Waals surface area contributed by atoms with Gasteiger partial charge in [0.25, 0.3) is 0 Å². The fourth-order valence-electron chi connectivity index (χ4n) is 2.81. The van der Waals surface area contributed by atoms with Crippen molar-refractivity contribution in [3.8, 4) is 0 Å². The Bertz CT molecular complexity index is 644. The van der Waals surface area contributed by atoms with Crippen molar-refractivity contribution in [2.75, 3.05) is 30.8 Å². The highest BCUT2D eigenvalue weighted by Gasteiger charge is 2.23. The maximum absolute atomic E-state index is 11.6. The number of amides is 1. The molecule has 1 N–H and O–H groups in total. The minimum atomic E-state index is -3.17. The average molecular weight is 361 g/mol. The number of hydrogen-bond donors (Lipinski definition) is 1. The topological polar surface area (TPSA) is 82.6 Å². The van der Waals surface area contributed by atoms with Gasteiger partial charge in [-0.1, -0.05) is 0 Å². The predicted octanol–water partition coefficient (Wildman–Crippen LogP) is 1.03. The van der Waals surface area contributed by atoms with Crippen molar-refractivity contribution in [2.45, 2.75) is 39.3 Å². The molecule has 1 saturated heterocycles. The van der Waals surface area contributed by atoms with E-state index in [1.54, 1.807) is 4.90 Å². The van der Waals surface area contributed by atoms with E-state index >= 15 is 0 Å². The largest absolute Gasteiger partial charge is 0.296 e. The zero-order valence-corrected chi connectivity index (χ0v) is 15.4. The summed E-state index contributed by atoms with van der Waals surface area (Å²) >= 11 is 1.47. The molecular formula is C14H24N4O3S2. The second kappa shape index (κ2) is 7.69. The molecule has 0 bridgehead atoms. The van der Waals surface area contributed by atoms with Crippen molar-refractivity contribution >= 4 is 32.4 Å². The molecule has 1 aliphatic heterocycles. The Morgan fingerprint density at radius 3 is 2.91 bits per heavy atom. The van der Waals surface area contributed by atoms with Gasteiger partial charge >= 0.3 is 0 Å². The minimum absolute atomic E-state index is 0.0104. The van der Waals surface area contributed by atoms with Crippen molar-refractivity contribution in [3.63, 3.8) is 0 Å². The van der Waals surface area contributed by atoms with Gasteiger partial charge in [-0.05, 0) is 26.3 Å². The summed E-state index contributed by atoms with van der Waals surface area (Å²) in [5, 5.41) is 2.69. The van der Waals surface area contributed by atoms with Gasteiger partial charge in [0.05, 0.1) is 11.9 Å². The van der Waals surface area contributed by atoms with Crippen LogP contribution in [0.15, 0.2) is 5.38 Å². The fourth-order valence-corrected chi connectivity index (χ4v) is 4.53. The first-order valence-electron chi connectivity index (χ1n) is 7.70. The Balaban J connectivity index is 1.97. The van der Waals surface area contributed by atoms with E-state index in [-0.39, 0.29) is 11.9 Å². The molecule has 130 valence electrons. The molecule has 1 atom stereocenters. The van der Waals surface area contributed by atoms with E-state index in [0.29, 0.717) is 19.6 Å². The van der Waals surface area contributed by atoms with Crippen LogP contribution in [0.3, 0.4) is 0 Å². The molecule has 0 aromatic carbocycles. The van der Waals surface area contributed by atoms with Crippen molar-refractivity contribution in [3.05, 3.63) is 11.1 Å². The van der Waals surface area contributed by atoms with E-state index in [4.69, 9.17) is 0 Å². The highest BCUT2D eigenvalue weighted by molar-refractivity contribution is 7.88. The number of nitrogens with zero attached hydrogens (tertiary/aromatic N) is 3. The molecule has 1 aromatic heterocycles. The standard InChI is InChI=1S/C14H24N4O3S2/c1-4-18(11(2)19)14-15-13(10-22-14)9-17-7-5-6-12(8-17)16-23(3,20)21/h10,12,16H,4-9H2,1-3H3/t12-/m0/s1. The van der Waals surface area contributed by atoms with E-state index in [1.165, 1.54) is 24.5 Å². The Labute approximate surface area is 141 Å². The highest BCUT2D eigenvalue weighted by Crippen LogP contribution is 2.22. The molecule has 23 heavy (non-hydrogen) atoms. The summed E-state index contributed by atoms with van der Waals surface area (Å²) < 4.78 is 25.4. The lowest BCUT2D eigenvalue weighted by molar-refractivity contribution is -0.116. The lowest BCUT2D eigenvalue weighted by Gasteiger charge is -2.32. The number of sulfonamides is 1. The van der Waals surface area contributed by atoms with Crippen LogP contribution in [0, 0.1) is 0 Å². The van der Waals surface area contributed by atoms with Gasteiger partial charge < -0.3 is 0 Å². The third-order valence-corrected chi connectivity index (χ3v) is 5.41. The van der Waals surface area contributed by atoms with E-state index in [2.05, 4.69) is 14.6 Å². The van der Waals surface area contributed by atoms with Crippen LogP contribution in [0.4, 0.5) is 5.13 Å². The lowest BCUT2D eigenvalue weighted by Crippen LogP contribution is -2.47. The first-order valence-corrected chi connectivity index (χ1v) is 10.5. The molecule has 0 radical (unpaired) electrons. The predicted molar refractivity (Wildman–Crippen MR) is 92.1 cm³/mol. The first kappa shape index (κ1) is 18.3. The third-order valence-electron chi connectivity index (χ3n) is 3.74. The van der Waals surface area contributed by atoms with Crippen LogP contribution in [0.5, 0.6) is 0 Å². The molecule has 1 amide bonds. The smallest absolute Gasteiger partial charge is 0.225 e. The zero-order chi connectivity index (χ0) is 17.0. The summed E-state index contributed by atoms with van der Waals surface area (Å²) in [6.07, 6.45) is 3.01. The van der Waals surface area contributed by atoms with Gasteiger partial charge in [0.2, 0.25) is 15.9 Å². The summed E-state index contributed by atoms with van der Waals surface area (Å²) in [5.74, 6) is -0.0104. The first-order chi connectivity index (χ1) is 10.8. The maximum Gasteiger partial charge on any atom is 0.225 e. The van der Waals surface area contributed by atoms with Crippen molar-refractivity contribution < 1.29 is 13.2 Å². The molecule has 0 spiro atoms. The maximum atomic E-state index is 11.6. The highest BCUT2D eigenvalue weighted by atomic mass is 32.2. The monoisotopic (exact) mass is 360 g/mol. The minimum Gasteiger partial charge on any atom is -0.296 e. The van der Waals surface area contributed by atoms with E-state index < -0.39 is 10.0 Å². The third kappa shape index (κ3) is 5.52. The molecule has 0 unspecified atom stereocenters. The number of carbonyl (C=O) groups excluding carboxylic acids is 1. The normalized spacial score (nSPS) is 19.7. The van der Waals surface area contributed by atoms with Crippen molar-refractivity contribution in [2.24, 2.45) is 0 Å². The number of anilines is 1. The Hall–Kier alpha value is -1.03. The molecule has 0 saturated carbocycles. The van der Waals surface area contributed by atoms with Gasteiger partial charge in [0.15, 0.2) is 5.13 Å². The number of hydrogen-bond acceptors (Lipinski definition) is 6. The van der Waals surface area contributed by atoms with Gasteiger partial charge in [0, 0.05) is 38.0 Å². The number of rotatable bonds is 6. The second-order valence-corrected chi connectivity index (χ2v) is 8.47.